The number of unbranched alkanes of at least 4 members (excludes halogenated alkanes) is 3. The maximum absolute atomic E-state index is 13.4. The van der Waals surface area contributed by atoms with Crippen LogP contribution in [0.1, 0.15) is 59.1 Å². The van der Waals surface area contributed by atoms with E-state index in [4.69, 9.17) is 4.98 Å². The molecular weight excluding hydrogens is 464 g/mol. The van der Waals surface area contributed by atoms with Crippen molar-refractivity contribution < 1.29 is 9.59 Å². The van der Waals surface area contributed by atoms with Crippen LogP contribution in [0.4, 0.5) is 0 Å². The Labute approximate surface area is 198 Å². The molecule has 4 rings (SSSR count). The highest BCUT2D eigenvalue weighted by atomic mass is 32.2. The maximum atomic E-state index is 13.4. The molecule has 0 saturated heterocycles. The first kappa shape index (κ1) is 23.0. The molecule has 0 radical (unpaired) electrons. The predicted octanol–water partition coefficient (Wildman–Crippen LogP) is 4.14. The van der Waals surface area contributed by atoms with E-state index in [0.717, 1.165) is 55.2 Å². The minimum absolute atomic E-state index is 0.0137. The van der Waals surface area contributed by atoms with E-state index in [1.807, 2.05) is 0 Å². The summed E-state index contributed by atoms with van der Waals surface area (Å²) in [5.74, 6) is -0.637. The Morgan fingerprint density at radius 3 is 2.88 bits per heavy atom. The minimum atomic E-state index is -0.348. The summed E-state index contributed by atoms with van der Waals surface area (Å²) >= 11 is 4.15. The number of nitrogens with zero attached hydrogens (tertiary/aromatic N) is 2. The summed E-state index contributed by atoms with van der Waals surface area (Å²) in [6, 6.07) is 3.47. The van der Waals surface area contributed by atoms with E-state index in [0.29, 0.717) is 16.6 Å². The van der Waals surface area contributed by atoms with Gasteiger partial charge in [-0.25, -0.2) is 4.98 Å². The first-order valence-electron chi connectivity index (χ1n) is 10.9. The van der Waals surface area contributed by atoms with Crippen molar-refractivity contribution in [2.24, 2.45) is 0 Å². The van der Waals surface area contributed by atoms with E-state index in [2.05, 4.69) is 17.8 Å². The van der Waals surface area contributed by atoms with Gasteiger partial charge in [-0.05, 0) is 42.7 Å². The van der Waals surface area contributed by atoms with Crippen LogP contribution in [0.15, 0.2) is 27.5 Å². The summed E-state index contributed by atoms with van der Waals surface area (Å²) in [5.41, 5.74) is 6.05. The number of hydrogen-bond acceptors (Lipinski definition) is 7. The van der Waals surface area contributed by atoms with Crippen LogP contribution in [0.2, 0.25) is 0 Å². The second kappa shape index (κ2) is 10.6. The molecule has 2 amide bonds. The molecule has 1 aliphatic rings. The van der Waals surface area contributed by atoms with Gasteiger partial charge in [-0.1, -0.05) is 44.0 Å². The van der Waals surface area contributed by atoms with Gasteiger partial charge in [0.2, 0.25) is 5.91 Å². The van der Waals surface area contributed by atoms with Crippen LogP contribution in [0.5, 0.6) is 0 Å². The van der Waals surface area contributed by atoms with Gasteiger partial charge in [0.05, 0.1) is 16.0 Å². The van der Waals surface area contributed by atoms with E-state index >= 15 is 0 Å². The number of carbonyl (C=O) groups excluding carboxylic acids is 2. The number of hydrazine groups is 1. The molecule has 0 fully saturated rings. The number of fused-ring (bicyclic) bond motifs is 3. The molecule has 170 valence electrons. The number of thiophene rings is 2. The van der Waals surface area contributed by atoms with Gasteiger partial charge in [0.1, 0.15) is 4.83 Å². The first-order valence-corrected chi connectivity index (χ1v) is 13.6. The number of aromatic nitrogens is 2. The molecule has 0 atom stereocenters. The van der Waals surface area contributed by atoms with Gasteiger partial charge in [-0.2, -0.15) is 0 Å². The molecule has 0 aliphatic heterocycles. The van der Waals surface area contributed by atoms with Crippen molar-refractivity contribution in [1.29, 1.82) is 0 Å². The van der Waals surface area contributed by atoms with Gasteiger partial charge >= 0.3 is 0 Å². The highest BCUT2D eigenvalue weighted by molar-refractivity contribution is 7.99. The Bertz CT molecular complexity index is 1170. The smallest absolute Gasteiger partial charge is 0.279 e. The molecule has 1 aliphatic carbocycles. The number of carbonyl (C=O) groups is 2. The van der Waals surface area contributed by atoms with Gasteiger partial charge in [0, 0.05) is 11.4 Å². The van der Waals surface area contributed by atoms with Crippen molar-refractivity contribution in [1.82, 2.24) is 20.4 Å². The fraction of sp³-hybridized carbons (Fsp3) is 0.455. The van der Waals surface area contributed by atoms with Crippen LogP contribution >= 0.6 is 34.4 Å². The monoisotopic (exact) mass is 490 g/mol. The van der Waals surface area contributed by atoms with E-state index < -0.39 is 0 Å². The van der Waals surface area contributed by atoms with Crippen LogP contribution in [0.3, 0.4) is 0 Å². The van der Waals surface area contributed by atoms with Crippen molar-refractivity contribution in [3.63, 3.8) is 0 Å². The summed E-state index contributed by atoms with van der Waals surface area (Å²) in [5, 5.41) is 3.14. The molecule has 0 bridgehead atoms. The van der Waals surface area contributed by atoms with Crippen molar-refractivity contribution in [2.75, 3.05) is 5.75 Å². The molecule has 3 heterocycles. The Morgan fingerprint density at radius 1 is 1.22 bits per heavy atom. The number of hydrogen-bond donors (Lipinski definition) is 2. The lowest BCUT2D eigenvalue weighted by molar-refractivity contribution is -0.119. The number of amides is 2. The fourth-order valence-electron chi connectivity index (χ4n) is 3.82. The molecule has 10 heteroatoms. The molecule has 0 unspecified atom stereocenters. The second-order valence-electron chi connectivity index (χ2n) is 7.72. The van der Waals surface area contributed by atoms with Crippen molar-refractivity contribution in [3.05, 3.63) is 43.2 Å². The van der Waals surface area contributed by atoms with Crippen molar-refractivity contribution in [3.8, 4) is 0 Å². The number of rotatable bonds is 9. The Morgan fingerprint density at radius 2 is 2.09 bits per heavy atom. The van der Waals surface area contributed by atoms with Crippen LogP contribution < -0.4 is 16.4 Å². The third-order valence-corrected chi connectivity index (χ3v) is 8.45. The Kier molecular flexibility index (Phi) is 7.64. The van der Waals surface area contributed by atoms with Crippen LogP contribution in [0, 0.1) is 0 Å². The number of nitrogens with one attached hydrogen (secondary N) is 2. The van der Waals surface area contributed by atoms with Crippen LogP contribution in [-0.2, 0) is 24.2 Å². The van der Waals surface area contributed by atoms with E-state index in [9.17, 15) is 14.4 Å². The lowest BCUT2D eigenvalue weighted by Crippen LogP contribution is -2.42. The van der Waals surface area contributed by atoms with Gasteiger partial charge in [-0.3, -0.25) is 29.8 Å². The average Bonchev–Trinajstić information content (AvgIpc) is 3.52. The standard InChI is InChI=1S/C22H26N4O3S3/c1-2-3-4-5-11-26-21(29)18-14-8-6-9-15(14)32-20(18)23-22(26)31-13-17(27)24-25-19(28)16-10-7-12-30-16/h7,10,12H,2-6,8-9,11,13H2,1H3,(H,24,27)(H,25,28). The summed E-state index contributed by atoms with van der Waals surface area (Å²) in [4.78, 5) is 45.0. The summed E-state index contributed by atoms with van der Waals surface area (Å²) in [6.45, 7) is 2.76. The maximum Gasteiger partial charge on any atom is 0.279 e. The fourth-order valence-corrected chi connectivity index (χ4v) is 6.57. The van der Waals surface area contributed by atoms with Gasteiger partial charge in [0.25, 0.3) is 11.5 Å². The molecular formula is C22H26N4O3S3. The average molecular weight is 491 g/mol. The predicted molar refractivity (Wildman–Crippen MR) is 131 cm³/mol. The highest BCUT2D eigenvalue weighted by Gasteiger charge is 2.23. The normalized spacial score (nSPS) is 12.8. The van der Waals surface area contributed by atoms with Crippen molar-refractivity contribution in [2.45, 2.75) is 63.6 Å². The van der Waals surface area contributed by atoms with Gasteiger partial charge in [0.15, 0.2) is 5.16 Å². The topological polar surface area (TPSA) is 93.1 Å². The van der Waals surface area contributed by atoms with E-state index in [1.165, 1.54) is 33.5 Å². The number of thioether (sulfide) groups is 1. The Hall–Kier alpha value is -2.17. The van der Waals surface area contributed by atoms with E-state index in [1.54, 1.807) is 33.4 Å². The molecule has 3 aromatic rings. The molecule has 0 spiro atoms. The molecule has 3 aromatic heterocycles. The molecule has 2 N–H and O–H groups in total. The van der Waals surface area contributed by atoms with Crippen molar-refractivity contribution >= 4 is 56.5 Å². The van der Waals surface area contributed by atoms with Crippen LogP contribution in [0.25, 0.3) is 10.2 Å². The van der Waals surface area contributed by atoms with E-state index in [-0.39, 0.29) is 23.1 Å². The third-order valence-electron chi connectivity index (χ3n) is 5.42. The number of aryl methyl sites for hydroxylation is 2. The summed E-state index contributed by atoms with van der Waals surface area (Å²) in [7, 11) is 0. The minimum Gasteiger partial charge on any atom is -0.287 e. The molecule has 7 nitrogen and oxygen atoms in total. The zero-order valence-corrected chi connectivity index (χ0v) is 20.4. The SMILES string of the molecule is CCCCCCn1c(SCC(=O)NNC(=O)c2cccs2)nc2sc3c(c2c1=O)CCC3. The first-order chi connectivity index (χ1) is 15.6. The van der Waals surface area contributed by atoms with Gasteiger partial charge in [-0.15, -0.1) is 22.7 Å². The lowest BCUT2D eigenvalue weighted by atomic mass is 10.2. The van der Waals surface area contributed by atoms with Gasteiger partial charge < -0.3 is 0 Å². The summed E-state index contributed by atoms with van der Waals surface area (Å²) in [6.07, 6.45) is 7.28. The lowest BCUT2D eigenvalue weighted by Gasteiger charge is -2.12. The zero-order chi connectivity index (χ0) is 22.5. The Balaban J connectivity index is 1.48. The zero-order valence-electron chi connectivity index (χ0n) is 17.9. The molecule has 32 heavy (non-hydrogen) atoms. The third kappa shape index (κ3) is 5.07. The van der Waals surface area contributed by atoms with Crippen LogP contribution in [-0.4, -0.2) is 27.1 Å². The molecule has 0 aromatic carbocycles. The molecule has 0 saturated carbocycles. The largest absolute Gasteiger partial charge is 0.287 e. The quantitative estimate of drug-likeness (QED) is 0.204. The highest BCUT2D eigenvalue weighted by Crippen LogP contribution is 2.35. The second-order valence-corrected chi connectivity index (χ2v) is 10.7. The summed E-state index contributed by atoms with van der Waals surface area (Å²) < 4.78 is 1.74.